The molecule has 1 aliphatic heterocycles. The molecule has 0 bridgehead atoms. The second kappa shape index (κ2) is 8.96. The maximum Gasteiger partial charge on any atom is 0.320 e. The van der Waals surface area contributed by atoms with E-state index in [0.717, 1.165) is 0 Å². The van der Waals surface area contributed by atoms with Crippen molar-refractivity contribution >= 4 is 111 Å². The molecule has 0 aromatic heterocycles. The van der Waals surface area contributed by atoms with Crippen molar-refractivity contribution in [1.29, 1.82) is 0 Å². The first kappa shape index (κ1) is 15.8. The molecule has 1 heterocycles. The van der Waals surface area contributed by atoms with Gasteiger partial charge in [0.05, 0.1) is 6.61 Å². The van der Waals surface area contributed by atoms with Gasteiger partial charge in [-0.3, -0.25) is 9.09 Å². The molecule has 0 saturated carbocycles. The molecule has 10 heavy (non-hydrogen) atoms. The molecule has 0 spiro atoms. The first-order valence-corrected chi connectivity index (χ1v) is 3.60. The van der Waals surface area contributed by atoms with E-state index < -0.39 is 8.25 Å². The zero-order valence-corrected chi connectivity index (χ0v) is 13.5. The van der Waals surface area contributed by atoms with Gasteiger partial charge < -0.3 is 10.3 Å². The topological polar surface area (TPSA) is 61.5 Å². The Balaban J connectivity index is 0. The maximum atomic E-state index is 10.3. The van der Waals surface area contributed by atoms with Crippen molar-refractivity contribution in [3.63, 3.8) is 0 Å². The minimum atomic E-state index is -2.22. The number of rotatable bonds is 0. The average Bonchev–Trinajstić information content (AvgIpc) is 1.64. The van der Waals surface area contributed by atoms with Gasteiger partial charge in [-0.2, -0.15) is 0 Å². The van der Waals surface area contributed by atoms with Crippen LogP contribution in [0.3, 0.4) is 0 Å². The molecular weight excluding hydrogens is 207 g/mol. The van der Waals surface area contributed by atoms with Gasteiger partial charge in [0.1, 0.15) is 6.23 Å². The van der Waals surface area contributed by atoms with Crippen LogP contribution < -0.4 is 5.73 Å². The Morgan fingerprint density at radius 3 is 2.40 bits per heavy atom. The van der Waals surface area contributed by atoms with Crippen LogP contribution in [-0.4, -0.2) is 116 Å². The molecule has 7 heteroatoms. The first-order valence-electron chi connectivity index (χ1n) is 2.38. The minimum Gasteiger partial charge on any atom is -0.310 e. The third-order valence-electron chi connectivity index (χ3n) is 0.870. The average molecular weight is 215 g/mol. The molecule has 4 nitrogen and oxygen atoms in total. The van der Waals surface area contributed by atoms with Gasteiger partial charge in [0, 0.05) is 109 Å². The smallest absolute Gasteiger partial charge is 0.310 e. The van der Waals surface area contributed by atoms with Crippen molar-refractivity contribution in [1.82, 2.24) is 0 Å². The summed E-state index contributed by atoms with van der Waals surface area (Å²) in [5.74, 6) is 0. The molecular formula is C3H8K2NO3P. The van der Waals surface area contributed by atoms with Gasteiger partial charge in [-0.15, -0.1) is 0 Å². The van der Waals surface area contributed by atoms with Gasteiger partial charge in [0.2, 0.25) is 0 Å². The summed E-state index contributed by atoms with van der Waals surface area (Å²) >= 11 is 0. The molecule has 2 atom stereocenters. The molecule has 2 unspecified atom stereocenters. The summed E-state index contributed by atoms with van der Waals surface area (Å²) in [4.78, 5) is 0. The van der Waals surface area contributed by atoms with Gasteiger partial charge in [-0.25, -0.2) is 0 Å². The number of hydrogen-bond acceptors (Lipinski definition) is 4. The van der Waals surface area contributed by atoms with Crippen LogP contribution in [0, 0.1) is 0 Å². The van der Waals surface area contributed by atoms with Crippen LogP contribution >= 0.6 is 8.25 Å². The summed E-state index contributed by atoms with van der Waals surface area (Å²) in [6.07, 6.45) is 0.256. The Hall–Kier alpha value is 3.38. The van der Waals surface area contributed by atoms with Crippen molar-refractivity contribution in [2.45, 2.75) is 12.6 Å². The van der Waals surface area contributed by atoms with Crippen molar-refractivity contribution in [2.75, 3.05) is 6.61 Å². The van der Waals surface area contributed by atoms with Crippen molar-refractivity contribution in [3.05, 3.63) is 0 Å². The standard InChI is InChI=1S/C3H8NO3P.2K/c4-3-1-2-6-8(5)7-3;;/h3,8H,1-2,4H2;;. The van der Waals surface area contributed by atoms with E-state index in [2.05, 4.69) is 9.05 Å². The molecule has 0 aromatic carbocycles. The minimum absolute atomic E-state index is 0. The van der Waals surface area contributed by atoms with Crippen LogP contribution in [0.4, 0.5) is 0 Å². The normalized spacial score (nSPS) is 31.7. The van der Waals surface area contributed by atoms with Crippen molar-refractivity contribution in [3.8, 4) is 0 Å². The van der Waals surface area contributed by atoms with Gasteiger partial charge in [0.25, 0.3) is 0 Å². The molecule has 1 fully saturated rings. The molecule has 50 valence electrons. The van der Waals surface area contributed by atoms with Gasteiger partial charge in [0.15, 0.2) is 0 Å². The Bertz CT molecular complexity index is 114. The van der Waals surface area contributed by atoms with Gasteiger partial charge in [-0.1, -0.05) is 0 Å². The van der Waals surface area contributed by atoms with E-state index in [9.17, 15) is 4.57 Å². The molecule has 1 aliphatic rings. The van der Waals surface area contributed by atoms with E-state index in [-0.39, 0.29) is 109 Å². The molecule has 2 N–H and O–H groups in total. The Morgan fingerprint density at radius 2 is 2.10 bits per heavy atom. The van der Waals surface area contributed by atoms with Crippen LogP contribution in [0.25, 0.3) is 0 Å². The zero-order chi connectivity index (χ0) is 5.98. The maximum absolute atomic E-state index is 10.3. The fourth-order valence-corrected chi connectivity index (χ4v) is 1.19. The van der Waals surface area contributed by atoms with E-state index >= 15 is 0 Å². The predicted molar refractivity (Wildman–Crippen MR) is 40.1 cm³/mol. The summed E-state index contributed by atoms with van der Waals surface area (Å²) in [5, 5.41) is 0. The zero-order valence-electron chi connectivity index (χ0n) is 6.29. The van der Waals surface area contributed by atoms with E-state index in [1.807, 2.05) is 0 Å². The molecule has 1 rings (SSSR count). The Kier molecular flexibility index (Phi) is 14.2. The second-order valence-electron chi connectivity index (χ2n) is 1.54. The van der Waals surface area contributed by atoms with E-state index in [1.165, 1.54) is 0 Å². The Labute approximate surface area is 146 Å². The largest absolute Gasteiger partial charge is 0.320 e. The molecule has 2 radical (unpaired) electrons. The molecule has 1 saturated heterocycles. The van der Waals surface area contributed by atoms with E-state index in [1.54, 1.807) is 0 Å². The van der Waals surface area contributed by atoms with Crippen LogP contribution in [0.2, 0.25) is 0 Å². The van der Waals surface area contributed by atoms with Crippen LogP contribution in [0.15, 0.2) is 0 Å². The number of nitrogens with two attached hydrogens (primary N) is 1. The summed E-state index contributed by atoms with van der Waals surface area (Å²) in [5.41, 5.74) is 5.25. The molecule has 0 aromatic rings. The summed E-state index contributed by atoms with van der Waals surface area (Å²) in [6.45, 7) is 0.457. The third kappa shape index (κ3) is 6.85. The van der Waals surface area contributed by atoms with Crippen LogP contribution in [0.1, 0.15) is 6.42 Å². The summed E-state index contributed by atoms with van der Waals surface area (Å²) in [6, 6.07) is 0. The van der Waals surface area contributed by atoms with Crippen molar-refractivity contribution < 1.29 is 13.6 Å². The quantitative estimate of drug-likeness (QED) is 0.430. The van der Waals surface area contributed by atoms with E-state index in [0.29, 0.717) is 13.0 Å². The van der Waals surface area contributed by atoms with Crippen LogP contribution in [0.5, 0.6) is 0 Å². The first-order chi connectivity index (χ1) is 3.79. The predicted octanol–water partition coefficient (Wildman–Crippen LogP) is -0.664. The van der Waals surface area contributed by atoms with E-state index in [4.69, 9.17) is 5.73 Å². The molecule has 0 aliphatic carbocycles. The summed E-state index contributed by atoms with van der Waals surface area (Å²) in [7, 11) is -2.22. The summed E-state index contributed by atoms with van der Waals surface area (Å²) < 4.78 is 19.5. The SMILES string of the molecule is NC1CCO[PH](=O)O1.[K].[K]. The number of hydrogen-bond donors (Lipinski definition) is 1. The van der Waals surface area contributed by atoms with Gasteiger partial charge >= 0.3 is 8.25 Å². The van der Waals surface area contributed by atoms with Crippen molar-refractivity contribution in [2.24, 2.45) is 5.73 Å². The monoisotopic (exact) mass is 215 g/mol. The van der Waals surface area contributed by atoms with Crippen LogP contribution in [-0.2, 0) is 13.6 Å². The second-order valence-corrected chi connectivity index (χ2v) is 2.57. The van der Waals surface area contributed by atoms with Gasteiger partial charge in [-0.05, 0) is 0 Å². The Morgan fingerprint density at radius 1 is 1.50 bits per heavy atom. The third-order valence-corrected chi connectivity index (χ3v) is 1.80. The fraction of sp³-hybridized carbons (Fsp3) is 1.00. The molecule has 0 amide bonds. The fourth-order valence-electron chi connectivity index (χ4n) is 0.475.